The van der Waals surface area contributed by atoms with Crippen LogP contribution in [0, 0.1) is 0 Å². The minimum atomic E-state index is -0.420. The van der Waals surface area contributed by atoms with Crippen LogP contribution in [0.4, 0.5) is 0 Å². The SMILES string of the molecule is COc1ccc(CC2c3cc(OC)c(OC)cc3CCCN2C(C(=O)NC2CC2)c2ccccc2)cc1OC. The smallest absolute Gasteiger partial charge is 0.242 e. The predicted octanol–water partition coefficient (Wildman–Crippen LogP) is 5.27. The van der Waals surface area contributed by atoms with Gasteiger partial charge in [-0.2, -0.15) is 0 Å². The number of ether oxygens (including phenoxy) is 4. The number of amides is 1. The molecule has 2 atom stereocenters. The molecule has 3 aromatic carbocycles. The van der Waals surface area contributed by atoms with Crippen molar-refractivity contribution in [3.63, 3.8) is 0 Å². The molecule has 0 aromatic heterocycles. The van der Waals surface area contributed by atoms with E-state index in [0.29, 0.717) is 23.7 Å². The quantitative estimate of drug-likeness (QED) is 0.385. The average molecular weight is 531 g/mol. The highest BCUT2D eigenvalue weighted by molar-refractivity contribution is 5.84. The van der Waals surface area contributed by atoms with Crippen molar-refractivity contribution in [2.45, 2.75) is 50.2 Å². The zero-order valence-corrected chi connectivity index (χ0v) is 23.2. The molecular formula is C32H38N2O5. The lowest BCUT2D eigenvalue weighted by Crippen LogP contribution is -2.43. The number of methoxy groups -OCH3 is 4. The number of nitrogens with zero attached hydrogens (tertiary/aromatic N) is 1. The number of carbonyl (C=O) groups excluding carboxylic acids is 1. The highest BCUT2D eigenvalue weighted by Gasteiger charge is 2.38. The van der Waals surface area contributed by atoms with E-state index in [2.05, 4.69) is 40.5 Å². The summed E-state index contributed by atoms with van der Waals surface area (Å²) in [5.41, 5.74) is 4.46. The Labute approximate surface area is 231 Å². The van der Waals surface area contributed by atoms with Gasteiger partial charge in [-0.25, -0.2) is 0 Å². The van der Waals surface area contributed by atoms with Crippen molar-refractivity contribution in [3.8, 4) is 23.0 Å². The van der Waals surface area contributed by atoms with Crippen LogP contribution >= 0.6 is 0 Å². The van der Waals surface area contributed by atoms with E-state index in [-0.39, 0.29) is 18.0 Å². The number of carbonyl (C=O) groups is 1. The first-order valence-electron chi connectivity index (χ1n) is 13.6. The Balaban J connectivity index is 1.63. The third-order valence-electron chi connectivity index (χ3n) is 7.76. The van der Waals surface area contributed by atoms with Gasteiger partial charge in [0, 0.05) is 18.6 Å². The Kier molecular flexibility index (Phi) is 8.27. The second-order valence-corrected chi connectivity index (χ2v) is 10.3. The lowest BCUT2D eigenvalue weighted by molar-refractivity contribution is -0.128. The van der Waals surface area contributed by atoms with Gasteiger partial charge in [0.25, 0.3) is 0 Å². The van der Waals surface area contributed by atoms with Crippen LogP contribution in [-0.4, -0.2) is 51.8 Å². The first kappa shape index (κ1) is 26.9. The van der Waals surface area contributed by atoms with Gasteiger partial charge in [0.1, 0.15) is 6.04 Å². The summed E-state index contributed by atoms with van der Waals surface area (Å²) in [7, 11) is 6.63. The molecule has 5 rings (SSSR count). The zero-order valence-electron chi connectivity index (χ0n) is 23.2. The largest absolute Gasteiger partial charge is 0.493 e. The van der Waals surface area contributed by atoms with Crippen molar-refractivity contribution in [2.24, 2.45) is 0 Å². The minimum Gasteiger partial charge on any atom is -0.493 e. The molecule has 2 unspecified atom stereocenters. The summed E-state index contributed by atoms with van der Waals surface area (Å²) in [5, 5.41) is 3.29. The zero-order chi connectivity index (χ0) is 27.4. The molecule has 1 fully saturated rings. The average Bonchev–Trinajstić information content (AvgIpc) is 3.80. The van der Waals surface area contributed by atoms with Crippen molar-refractivity contribution in [3.05, 3.63) is 82.9 Å². The van der Waals surface area contributed by atoms with Crippen LogP contribution in [0.3, 0.4) is 0 Å². The molecule has 1 aliphatic heterocycles. The number of rotatable bonds is 10. The normalized spacial score (nSPS) is 17.9. The number of nitrogens with one attached hydrogen (secondary N) is 1. The molecular weight excluding hydrogens is 492 g/mol. The van der Waals surface area contributed by atoms with E-state index in [1.807, 2.05) is 30.3 Å². The summed E-state index contributed by atoms with van der Waals surface area (Å²) in [6.07, 6.45) is 4.58. The molecule has 7 heteroatoms. The summed E-state index contributed by atoms with van der Waals surface area (Å²) in [4.78, 5) is 16.3. The summed E-state index contributed by atoms with van der Waals surface area (Å²) in [5.74, 6) is 2.85. The number of fused-ring (bicyclic) bond motifs is 1. The van der Waals surface area contributed by atoms with Gasteiger partial charge in [-0.3, -0.25) is 9.69 Å². The van der Waals surface area contributed by atoms with E-state index in [4.69, 9.17) is 18.9 Å². The standard InChI is InChI=1S/C32H38N2O5/c1-36-27-15-12-21(18-28(27)37-2)17-26-25-20-30(39-4)29(38-3)19-23(25)11-8-16-34(26)31(22-9-6-5-7-10-22)32(35)33-24-13-14-24/h5-7,9-10,12,15,18-20,24,26,31H,8,11,13-14,16-17H2,1-4H3,(H,33,35). The lowest BCUT2D eigenvalue weighted by atomic mass is 9.91. The fraction of sp³-hybridized carbons (Fsp3) is 0.406. The number of aryl methyl sites for hydroxylation is 1. The lowest BCUT2D eigenvalue weighted by Gasteiger charge is -2.37. The molecule has 0 bridgehead atoms. The predicted molar refractivity (Wildman–Crippen MR) is 151 cm³/mol. The Morgan fingerprint density at radius 2 is 1.54 bits per heavy atom. The van der Waals surface area contributed by atoms with Crippen LogP contribution in [0.5, 0.6) is 23.0 Å². The number of benzene rings is 3. The van der Waals surface area contributed by atoms with Crippen molar-refractivity contribution < 1.29 is 23.7 Å². The fourth-order valence-electron chi connectivity index (χ4n) is 5.65. The second-order valence-electron chi connectivity index (χ2n) is 10.3. The molecule has 3 aromatic rings. The molecule has 1 aliphatic carbocycles. The van der Waals surface area contributed by atoms with E-state index in [1.165, 1.54) is 5.56 Å². The van der Waals surface area contributed by atoms with E-state index in [0.717, 1.165) is 54.7 Å². The maximum atomic E-state index is 13.9. The van der Waals surface area contributed by atoms with Gasteiger partial charge in [0.05, 0.1) is 28.4 Å². The molecule has 2 aliphatic rings. The van der Waals surface area contributed by atoms with Gasteiger partial charge in [-0.1, -0.05) is 36.4 Å². The molecule has 1 saturated carbocycles. The van der Waals surface area contributed by atoms with E-state index >= 15 is 0 Å². The number of hydrogen-bond donors (Lipinski definition) is 1. The molecule has 1 heterocycles. The van der Waals surface area contributed by atoms with Crippen molar-refractivity contribution in [2.75, 3.05) is 35.0 Å². The van der Waals surface area contributed by atoms with Crippen molar-refractivity contribution in [1.82, 2.24) is 10.2 Å². The van der Waals surface area contributed by atoms with Gasteiger partial charge < -0.3 is 24.3 Å². The molecule has 1 amide bonds. The Hall–Kier alpha value is -3.71. The maximum Gasteiger partial charge on any atom is 0.242 e. The van der Waals surface area contributed by atoms with Crippen LogP contribution in [0.25, 0.3) is 0 Å². The number of hydrogen-bond acceptors (Lipinski definition) is 6. The highest BCUT2D eigenvalue weighted by atomic mass is 16.5. The van der Waals surface area contributed by atoms with Gasteiger partial charge in [0.2, 0.25) is 5.91 Å². The van der Waals surface area contributed by atoms with Crippen molar-refractivity contribution in [1.29, 1.82) is 0 Å². The molecule has 39 heavy (non-hydrogen) atoms. The monoisotopic (exact) mass is 530 g/mol. The molecule has 0 saturated heterocycles. The Morgan fingerprint density at radius 3 is 2.21 bits per heavy atom. The first-order chi connectivity index (χ1) is 19.1. The van der Waals surface area contributed by atoms with Crippen molar-refractivity contribution >= 4 is 5.91 Å². The molecule has 1 N–H and O–H groups in total. The summed E-state index contributed by atoms with van der Waals surface area (Å²) in [6.45, 7) is 0.773. The Bertz CT molecular complexity index is 1290. The van der Waals surface area contributed by atoms with E-state index < -0.39 is 6.04 Å². The van der Waals surface area contributed by atoms with Gasteiger partial charge in [0.15, 0.2) is 23.0 Å². The van der Waals surface area contributed by atoms with Crippen LogP contribution < -0.4 is 24.3 Å². The molecule has 0 radical (unpaired) electrons. The topological polar surface area (TPSA) is 69.3 Å². The second kappa shape index (κ2) is 12.0. The van der Waals surface area contributed by atoms with Gasteiger partial charge in [-0.15, -0.1) is 0 Å². The summed E-state index contributed by atoms with van der Waals surface area (Å²) < 4.78 is 22.5. The maximum absolute atomic E-state index is 13.9. The highest BCUT2D eigenvalue weighted by Crippen LogP contribution is 2.43. The molecule has 206 valence electrons. The first-order valence-corrected chi connectivity index (χ1v) is 13.6. The van der Waals surface area contributed by atoms with Crippen LogP contribution in [-0.2, 0) is 17.6 Å². The molecule has 7 nitrogen and oxygen atoms in total. The third-order valence-corrected chi connectivity index (χ3v) is 7.76. The van der Waals surface area contributed by atoms with Crippen LogP contribution in [0.1, 0.15) is 53.6 Å². The molecule has 0 spiro atoms. The summed E-state index contributed by atoms with van der Waals surface area (Å²) >= 11 is 0. The Morgan fingerprint density at radius 1 is 0.872 bits per heavy atom. The third kappa shape index (κ3) is 5.83. The van der Waals surface area contributed by atoms with E-state index in [9.17, 15) is 4.79 Å². The van der Waals surface area contributed by atoms with E-state index in [1.54, 1.807) is 28.4 Å². The van der Waals surface area contributed by atoms with Crippen LogP contribution in [0.15, 0.2) is 60.7 Å². The fourth-order valence-corrected chi connectivity index (χ4v) is 5.65. The summed E-state index contributed by atoms with van der Waals surface area (Å²) in [6, 6.07) is 20.1. The minimum absolute atomic E-state index is 0.0601. The van der Waals surface area contributed by atoms with Gasteiger partial charge in [-0.05, 0) is 78.6 Å². The van der Waals surface area contributed by atoms with Gasteiger partial charge >= 0.3 is 0 Å². The van der Waals surface area contributed by atoms with Crippen LogP contribution in [0.2, 0.25) is 0 Å².